The lowest BCUT2D eigenvalue weighted by atomic mass is 9.86. The first-order valence-corrected chi connectivity index (χ1v) is 5.25. The van der Waals surface area contributed by atoms with Gasteiger partial charge in [0.25, 0.3) is 0 Å². The second-order valence-electron chi connectivity index (χ2n) is 3.82. The van der Waals surface area contributed by atoms with Gasteiger partial charge in [-0.15, -0.1) is 0 Å². The molecule has 1 atom stereocenters. The van der Waals surface area contributed by atoms with E-state index in [2.05, 4.69) is 13.3 Å². The zero-order valence-electron chi connectivity index (χ0n) is 7.81. The molecule has 0 aromatic rings. The van der Waals surface area contributed by atoms with Crippen molar-refractivity contribution in [1.82, 2.24) is 0 Å². The summed E-state index contributed by atoms with van der Waals surface area (Å²) in [6.07, 6.45) is 14.0. The van der Waals surface area contributed by atoms with Gasteiger partial charge in [-0.3, -0.25) is 0 Å². The molecule has 0 nitrogen and oxygen atoms in total. The van der Waals surface area contributed by atoms with Crippen molar-refractivity contribution >= 4 is 0 Å². The van der Waals surface area contributed by atoms with Gasteiger partial charge in [-0.25, -0.2) is 0 Å². The fourth-order valence-electron chi connectivity index (χ4n) is 1.97. The van der Waals surface area contributed by atoms with E-state index in [4.69, 9.17) is 0 Å². The first kappa shape index (κ1) is 9.09. The maximum Gasteiger partial charge on any atom is -0.0383 e. The maximum atomic E-state index is 2.49. The van der Waals surface area contributed by atoms with E-state index < -0.39 is 0 Å². The minimum Gasteiger partial charge on any atom is -0.0654 e. The van der Waals surface area contributed by atoms with Gasteiger partial charge in [0.1, 0.15) is 0 Å². The van der Waals surface area contributed by atoms with Gasteiger partial charge in [-0.2, -0.15) is 0 Å². The SMILES string of the molecule is CCCCCC1C[CH]CCC1. The Labute approximate surface area is 71.4 Å². The molecule has 0 heterocycles. The topological polar surface area (TPSA) is 0 Å². The van der Waals surface area contributed by atoms with Crippen molar-refractivity contribution in [3.8, 4) is 0 Å². The van der Waals surface area contributed by atoms with Crippen LogP contribution in [0.25, 0.3) is 0 Å². The Morgan fingerprint density at radius 2 is 2.27 bits per heavy atom. The second-order valence-corrected chi connectivity index (χ2v) is 3.82. The van der Waals surface area contributed by atoms with E-state index in [9.17, 15) is 0 Å². The molecule has 1 radical (unpaired) electrons. The molecule has 0 aromatic carbocycles. The highest BCUT2D eigenvalue weighted by Crippen LogP contribution is 2.27. The van der Waals surface area contributed by atoms with Crippen LogP contribution >= 0.6 is 0 Å². The largest absolute Gasteiger partial charge is 0.0654 e. The van der Waals surface area contributed by atoms with E-state index in [0.29, 0.717) is 0 Å². The predicted molar refractivity (Wildman–Crippen MR) is 50.4 cm³/mol. The minimum atomic E-state index is 1.05. The van der Waals surface area contributed by atoms with Crippen LogP contribution in [0.15, 0.2) is 0 Å². The summed E-state index contributed by atoms with van der Waals surface area (Å²) in [5, 5.41) is 0. The smallest absolute Gasteiger partial charge is 0.0383 e. The van der Waals surface area contributed by atoms with E-state index in [-0.39, 0.29) is 0 Å². The Morgan fingerprint density at radius 1 is 1.36 bits per heavy atom. The molecule has 0 amide bonds. The highest BCUT2D eigenvalue weighted by molar-refractivity contribution is 4.77. The summed E-state index contributed by atoms with van der Waals surface area (Å²) >= 11 is 0. The Kier molecular flexibility index (Phi) is 4.65. The lowest BCUT2D eigenvalue weighted by Gasteiger charge is -2.20. The third kappa shape index (κ3) is 3.79. The summed E-state index contributed by atoms with van der Waals surface area (Å²) in [5.74, 6) is 1.05. The standard InChI is InChI=1S/C11H21/c1-2-3-5-8-11-9-6-4-7-10-11/h6,11H,2-5,7-10H2,1H3. The number of hydrogen-bond acceptors (Lipinski definition) is 0. The molecule has 1 saturated carbocycles. The lowest BCUT2D eigenvalue weighted by Crippen LogP contribution is -2.06. The summed E-state index contributed by atoms with van der Waals surface area (Å²) in [6, 6.07) is 0. The Balaban J connectivity index is 1.96. The molecular weight excluding hydrogens is 132 g/mol. The Hall–Kier alpha value is 0. The molecule has 0 aliphatic heterocycles. The molecule has 0 spiro atoms. The lowest BCUT2D eigenvalue weighted by molar-refractivity contribution is 0.375. The van der Waals surface area contributed by atoms with Crippen molar-refractivity contribution in [2.45, 2.75) is 58.3 Å². The average Bonchev–Trinajstić information content (AvgIpc) is 2.07. The third-order valence-electron chi connectivity index (χ3n) is 2.74. The zero-order valence-corrected chi connectivity index (χ0v) is 7.81. The molecule has 1 aliphatic carbocycles. The Bertz CT molecular complexity index is 80.0. The van der Waals surface area contributed by atoms with E-state index in [1.54, 1.807) is 0 Å². The van der Waals surface area contributed by atoms with Crippen LogP contribution in [0.3, 0.4) is 0 Å². The van der Waals surface area contributed by atoms with Crippen molar-refractivity contribution in [3.05, 3.63) is 6.42 Å². The van der Waals surface area contributed by atoms with Crippen molar-refractivity contribution in [1.29, 1.82) is 0 Å². The van der Waals surface area contributed by atoms with Crippen LogP contribution in [0, 0.1) is 12.3 Å². The summed E-state index contributed by atoms with van der Waals surface area (Å²) in [7, 11) is 0. The molecule has 1 fully saturated rings. The first-order chi connectivity index (χ1) is 5.43. The molecule has 1 rings (SSSR count). The van der Waals surface area contributed by atoms with Crippen LogP contribution in [0.4, 0.5) is 0 Å². The normalized spacial score (nSPS) is 20.5. The highest BCUT2D eigenvalue weighted by Gasteiger charge is 2.12. The number of hydrogen-bond donors (Lipinski definition) is 0. The minimum absolute atomic E-state index is 1.05. The first-order valence-electron chi connectivity index (χ1n) is 5.25. The van der Waals surface area contributed by atoms with Gasteiger partial charge < -0.3 is 0 Å². The monoisotopic (exact) mass is 153 g/mol. The van der Waals surface area contributed by atoms with Crippen LogP contribution < -0.4 is 0 Å². The number of rotatable bonds is 4. The van der Waals surface area contributed by atoms with Crippen molar-refractivity contribution in [2.24, 2.45) is 5.92 Å². The van der Waals surface area contributed by atoms with Gasteiger partial charge in [0.05, 0.1) is 0 Å². The van der Waals surface area contributed by atoms with Crippen molar-refractivity contribution in [2.75, 3.05) is 0 Å². The zero-order chi connectivity index (χ0) is 7.94. The van der Waals surface area contributed by atoms with Crippen molar-refractivity contribution < 1.29 is 0 Å². The van der Waals surface area contributed by atoms with E-state index >= 15 is 0 Å². The van der Waals surface area contributed by atoms with E-state index in [1.165, 1.54) is 51.4 Å². The van der Waals surface area contributed by atoms with Gasteiger partial charge >= 0.3 is 0 Å². The van der Waals surface area contributed by atoms with Gasteiger partial charge in [0.2, 0.25) is 0 Å². The summed E-state index contributed by atoms with van der Waals surface area (Å²) in [5.41, 5.74) is 0. The molecule has 0 bridgehead atoms. The van der Waals surface area contributed by atoms with Crippen LogP contribution in [0.5, 0.6) is 0 Å². The molecular formula is C11H21. The molecule has 11 heavy (non-hydrogen) atoms. The van der Waals surface area contributed by atoms with Crippen molar-refractivity contribution in [3.63, 3.8) is 0 Å². The van der Waals surface area contributed by atoms with Gasteiger partial charge in [-0.1, -0.05) is 51.9 Å². The number of unbranched alkanes of at least 4 members (excludes halogenated alkanes) is 2. The molecule has 1 aliphatic rings. The highest BCUT2D eigenvalue weighted by atomic mass is 14.2. The van der Waals surface area contributed by atoms with Crippen LogP contribution in [0.1, 0.15) is 58.3 Å². The molecule has 0 heteroatoms. The average molecular weight is 153 g/mol. The quantitative estimate of drug-likeness (QED) is 0.536. The maximum absolute atomic E-state index is 2.49. The van der Waals surface area contributed by atoms with Crippen LogP contribution in [-0.2, 0) is 0 Å². The fraction of sp³-hybridized carbons (Fsp3) is 0.909. The second kappa shape index (κ2) is 5.62. The van der Waals surface area contributed by atoms with E-state index in [0.717, 1.165) is 5.92 Å². The van der Waals surface area contributed by atoms with Gasteiger partial charge in [-0.05, 0) is 18.8 Å². The molecule has 0 saturated heterocycles. The molecule has 1 unspecified atom stereocenters. The molecule has 0 N–H and O–H groups in total. The fourth-order valence-corrected chi connectivity index (χ4v) is 1.97. The van der Waals surface area contributed by atoms with Gasteiger partial charge in [0, 0.05) is 0 Å². The summed E-state index contributed by atoms with van der Waals surface area (Å²) in [4.78, 5) is 0. The molecule has 65 valence electrons. The summed E-state index contributed by atoms with van der Waals surface area (Å²) < 4.78 is 0. The van der Waals surface area contributed by atoms with Crippen LogP contribution in [-0.4, -0.2) is 0 Å². The van der Waals surface area contributed by atoms with E-state index in [1.807, 2.05) is 0 Å². The summed E-state index contributed by atoms with van der Waals surface area (Å²) in [6.45, 7) is 2.28. The third-order valence-corrected chi connectivity index (χ3v) is 2.74. The van der Waals surface area contributed by atoms with Gasteiger partial charge in [0.15, 0.2) is 0 Å². The predicted octanol–water partition coefficient (Wildman–Crippen LogP) is 3.96. The Morgan fingerprint density at radius 3 is 2.91 bits per heavy atom. The van der Waals surface area contributed by atoms with Crippen LogP contribution in [0.2, 0.25) is 0 Å². The molecule has 0 aromatic heterocycles.